The molecule has 0 saturated heterocycles. The van der Waals surface area contributed by atoms with Crippen molar-refractivity contribution in [1.29, 1.82) is 0 Å². The number of rotatable bonds is 0. The first kappa shape index (κ1) is 7.72. The first-order valence-electron chi connectivity index (χ1n) is 3.82. The van der Waals surface area contributed by atoms with Gasteiger partial charge in [-0.15, -0.1) is 0 Å². The number of carbonyl (C=O) groups is 1. The van der Waals surface area contributed by atoms with Crippen molar-refractivity contribution >= 4 is 17.1 Å². The highest BCUT2D eigenvalue weighted by Crippen LogP contribution is 2.09. The van der Waals surface area contributed by atoms with Crippen LogP contribution in [0.4, 0.5) is 4.79 Å². The van der Waals surface area contributed by atoms with Gasteiger partial charge in [-0.1, -0.05) is 0 Å². The van der Waals surface area contributed by atoms with Crippen molar-refractivity contribution in [2.24, 2.45) is 0 Å². The average molecular weight is 176 g/mol. The van der Waals surface area contributed by atoms with Crippen molar-refractivity contribution in [3.05, 3.63) is 24.8 Å². The van der Waals surface area contributed by atoms with Crippen LogP contribution in [0.15, 0.2) is 24.8 Å². The van der Waals surface area contributed by atoms with Crippen LogP contribution in [0.3, 0.4) is 0 Å². The van der Waals surface area contributed by atoms with Crippen LogP contribution in [0.5, 0.6) is 0 Å². The summed E-state index contributed by atoms with van der Waals surface area (Å²) < 4.78 is 1.44. The van der Waals surface area contributed by atoms with E-state index >= 15 is 0 Å². The third-order valence-corrected chi connectivity index (χ3v) is 1.78. The number of amides is 1. The number of aromatic nitrogens is 3. The van der Waals surface area contributed by atoms with E-state index in [-0.39, 0.29) is 6.03 Å². The monoisotopic (exact) mass is 176 g/mol. The Hall–Kier alpha value is -1.91. The summed E-state index contributed by atoms with van der Waals surface area (Å²) >= 11 is 0. The molecule has 66 valence electrons. The molecule has 0 aromatic carbocycles. The molecule has 0 aliphatic carbocycles. The van der Waals surface area contributed by atoms with Gasteiger partial charge in [0, 0.05) is 24.8 Å². The van der Waals surface area contributed by atoms with Crippen LogP contribution in [0.1, 0.15) is 0 Å². The molecule has 0 unspecified atom stereocenters. The minimum absolute atomic E-state index is 0.200. The Morgan fingerprint density at radius 1 is 1.62 bits per heavy atom. The van der Waals surface area contributed by atoms with Crippen molar-refractivity contribution in [2.75, 3.05) is 7.05 Å². The van der Waals surface area contributed by atoms with Gasteiger partial charge < -0.3 is 5.32 Å². The van der Waals surface area contributed by atoms with E-state index in [2.05, 4.69) is 15.3 Å². The molecule has 0 bridgehead atoms. The second kappa shape index (κ2) is 2.85. The van der Waals surface area contributed by atoms with E-state index in [9.17, 15) is 4.79 Å². The summed E-state index contributed by atoms with van der Waals surface area (Å²) in [6.07, 6.45) is 4.75. The van der Waals surface area contributed by atoms with Crippen molar-refractivity contribution in [2.45, 2.75) is 0 Å². The summed E-state index contributed by atoms with van der Waals surface area (Å²) in [6.45, 7) is 0. The Bertz CT molecular complexity index is 448. The smallest absolute Gasteiger partial charge is 0.326 e. The number of nitrogens with one attached hydrogen (secondary N) is 1. The van der Waals surface area contributed by atoms with Gasteiger partial charge in [-0.05, 0) is 6.07 Å². The van der Waals surface area contributed by atoms with Crippen molar-refractivity contribution in [1.82, 2.24) is 19.9 Å². The van der Waals surface area contributed by atoms with E-state index in [1.165, 1.54) is 10.9 Å². The normalized spacial score (nSPS) is 10.2. The molecule has 2 heterocycles. The maximum atomic E-state index is 11.3. The SMILES string of the molecule is CNC(=O)n1ccc2cncnc21. The minimum Gasteiger partial charge on any atom is -0.340 e. The molecule has 2 aromatic heterocycles. The van der Waals surface area contributed by atoms with E-state index in [0.29, 0.717) is 5.65 Å². The lowest BCUT2D eigenvalue weighted by Crippen LogP contribution is -2.23. The Morgan fingerprint density at radius 3 is 3.23 bits per heavy atom. The van der Waals surface area contributed by atoms with E-state index < -0.39 is 0 Å². The zero-order valence-corrected chi connectivity index (χ0v) is 7.06. The lowest BCUT2D eigenvalue weighted by atomic mass is 10.4. The fourth-order valence-corrected chi connectivity index (χ4v) is 1.16. The molecule has 2 aromatic rings. The lowest BCUT2D eigenvalue weighted by molar-refractivity contribution is 0.245. The Balaban J connectivity index is 2.64. The molecule has 13 heavy (non-hydrogen) atoms. The third kappa shape index (κ3) is 1.14. The highest BCUT2D eigenvalue weighted by atomic mass is 16.2. The van der Waals surface area contributed by atoms with E-state index in [0.717, 1.165) is 5.39 Å². The Labute approximate surface area is 74.4 Å². The second-order valence-corrected chi connectivity index (χ2v) is 2.54. The predicted molar refractivity (Wildman–Crippen MR) is 47.4 cm³/mol. The van der Waals surface area contributed by atoms with Crippen molar-refractivity contribution in [3.8, 4) is 0 Å². The maximum absolute atomic E-state index is 11.3. The first-order chi connectivity index (χ1) is 6.33. The molecule has 5 nitrogen and oxygen atoms in total. The quantitative estimate of drug-likeness (QED) is 0.640. The second-order valence-electron chi connectivity index (χ2n) is 2.54. The van der Waals surface area contributed by atoms with Gasteiger partial charge in [-0.3, -0.25) is 4.57 Å². The Morgan fingerprint density at radius 2 is 2.46 bits per heavy atom. The number of fused-ring (bicyclic) bond motifs is 1. The molecule has 5 heteroatoms. The van der Waals surface area contributed by atoms with Crippen LogP contribution in [-0.2, 0) is 0 Å². The van der Waals surface area contributed by atoms with Gasteiger partial charge in [0.05, 0.1) is 0 Å². The zero-order chi connectivity index (χ0) is 9.26. The van der Waals surface area contributed by atoms with Crippen LogP contribution >= 0.6 is 0 Å². The van der Waals surface area contributed by atoms with E-state index in [1.807, 2.05) is 0 Å². The predicted octanol–water partition coefficient (Wildman–Crippen LogP) is 0.619. The highest BCUT2D eigenvalue weighted by Gasteiger charge is 2.06. The van der Waals surface area contributed by atoms with Gasteiger partial charge in [-0.2, -0.15) is 0 Å². The average Bonchev–Trinajstić information content (AvgIpc) is 2.60. The highest BCUT2D eigenvalue weighted by molar-refractivity contribution is 5.88. The van der Waals surface area contributed by atoms with Crippen molar-refractivity contribution in [3.63, 3.8) is 0 Å². The summed E-state index contributed by atoms with van der Waals surface area (Å²) in [7, 11) is 1.58. The number of hydrogen-bond donors (Lipinski definition) is 1. The third-order valence-electron chi connectivity index (χ3n) is 1.78. The maximum Gasteiger partial charge on any atom is 0.326 e. The van der Waals surface area contributed by atoms with Crippen molar-refractivity contribution < 1.29 is 4.79 Å². The summed E-state index contributed by atoms with van der Waals surface area (Å²) in [4.78, 5) is 19.1. The summed E-state index contributed by atoms with van der Waals surface area (Å²) in [5.41, 5.74) is 0.620. The van der Waals surface area contributed by atoms with E-state index in [4.69, 9.17) is 0 Å². The number of hydrogen-bond acceptors (Lipinski definition) is 3. The minimum atomic E-state index is -0.200. The summed E-state index contributed by atoms with van der Waals surface area (Å²) in [5, 5.41) is 3.38. The molecule has 0 saturated carbocycles. The fraction of sp³-hybridized carbons (Fsp3) is 0.125. The molecular weight excluding hydrogens is 168 g/mol. The molecule has 2 rings (SSSR count). The van der Waals surface area contributed by atoms with E-state index in [1.54, 1.807) is 25.5 Å². The summed E-state index contributed by atoms with van der Waals surface area (Å²) in [6, 6.07) is 1.60. The molecule has 0 aliphatic rings. The van der Waals surface area contributed by atoms with Gasteiger partial charge in [-0.25, -0.2) is 14.8 Å². The van der Waals surface area contributed by atoms with Gasteiger partial charge in [0.2, 0.25) is 0 Å². The van der Waals surface area contributed by atoms with Crippen LogP contribution in [0.2, 0.25) is 0 Å². The van der Waals surface area contributed by atoms with Gasteiger partial charge in [0.15, 0.2) is 5.65 Å². The van der Waals surface area contributed by atoms with Crippen LogP contribution in [0.25, 0.3) is 11.0 Å². The molecule has 0 atom stereocenters. The number of carbonyl (C=O) groups excluding carboxylic acids is 1. The molecule has 0 radical (unpaired) electrons. The zero-order valence-electron chi connectivity index (χ0n) is 7.06. The lowest BCUT2D eigenvalue weighted by Gasteiger charge is -2.00. The molecular formula is C8H8N4O. The van der Waals surface area contributed by atoms with Crippen LogP contribution in [-0.4, -0.2) is 27.6 Å². The van der Waals surface area contributed by atoms with Crippen LogP contribution in [0, 0.1) is 0 Å². The molecule has 1 N–H and O–H groups in total. The topological polar surface area (TPSA) is 59.8 Å². The van der Waals surface area contributed by atoms with Crippen LogP contribution < -0.4 is 5.32 Å². The molecule has 1 amide bonds. The van der Waals surface area contributed by atoms with Gasteiger partial charge in [0.25, 0.3) is 0 Å². The Kier molecular flexibility index (Phi) is 1.70. The standard InChI is InChI=1S/C8H8N4O/c1-9-8(13)12-3-2-6-4-10-5-11-7(6)12/h2-5H,1H3,(H,9,13). The molecule has 0 fully saturated rings. The van der Waals surface area contributed by atoms with Gasteiger partial charge >= 0.3 is 6.03 Å². The fourth-order valence-electron chi connectivity index (χ4n) is 1.16. The summed E-state index contributed by atoms with van der Waals surface area (Å²) in [5.74, 6) is 0. The molecule has 0 spiro atoms. The number of nitrogens with zero attached hydrogens (tertiary/aromatic N) is 3. The van der Waals surface area contributed by atoms with Gasteiger partial charge in [0.1, 0.15) is 6.33 Å². The largest absolute Gasteiger partial charge is 0.340 e. The first-order valence-corrected chi connectivity index (χ1v) is 3.82. The molecule has 0 aliphatic heterocycles.